The molecule has 1 aromatic heterocycles. The number of nitro groups is 1. The fraction of sp³-hybridized carbons (Fsp3) is 0.414. The van der Waals surface area contributed by atoms with Crippen LogP contribution in [-0.2, 0) is 33.7 Å². The molecule has 2 aromatic carbocycles. The smallest absolute Gasteiger partial charge is 0.408 e. The third-order valence-electron chi connectivity index (χ3n) is 6.81. The standard InChI is InChI=1S/C29H35N5O6/c1-28(2,3)40-27(37)32-29(4,5)26(36)31-24(15-19-16-30-23-9-7-6-8-22(19)23)25(35)33-13-12-18-10-11-21(34(38)39)14-20(18)17-33/h6-11,14,16,24,30H,12-13,15,17H2,1-5H3,(H,31,36)(H,32,37)/t24-/m1/s1. The molecule has 1 aliphatic heterocycles. The van der Waals surface area contributed by atoms with E-state index in [9.17, 15) is 24.5 Å². The van der Waals surface area contributed by atoms with Crippen molar-refractivity contribution in [1.82, 2.24) is 20.5 Å². The van der Waals surface area contributed by atoms with Gasteiger partial charge in [-0.15, -0.1) is 0 Å². The van der Waals surface area contributed by atoms with Crippen LogP contribution in [0.3, 0.4) is 0 Å². The van der Waals surface area contributed by atoms with Gasteiger partial charge in [0, 0.05) is 48.7 Å². The molecule has 40 heavy (non-hydrogen) atoms. The Morgan fingerprint density at radius 2 is 1.82 bits per heavy atom. The zero-order valence-electron chi connectivity index (χ0n) is 23.4. The van der Waals surface area contributed by atoms with Gasteiger partial charge >= 0.3 is 6.09 Å². The Balaban J connectivity index is 1.58. The van der Waals surface area contributed by atoms with Gasteiger partial charge in [-0.05, 0) is 63.8 Å². The van der Waals surface area contributed by atoms with E-state index in [2.05, 4.69) is 15.6 Å². The highest BCUT2D eigenvalue weighted by molar-refractivity contribution is 5.94. The summed E-state index contributed by atoms with van der Waals surface area (Å²) in [5.74, 6) is -0.867. The van der Waals surface area contributed by atoms with Gasteiger partial charge in [0.15, 0.2) is 0 Å². The van der Waals surface area contributed by atoms with E-state index in [0.29, 0.717) is 18.5 Å². The lowest BCUT2D eigenvalue weighted by atomic mass is 9.96. The van der Waals surface area contributed by atoms with Gasteiger partial charge in [0.05, 0.1) is 4.92 Å². The van der Waals surface area contributed by atoms with Crippen molar-refractivity contribution in [3.8, 4) is 0 Å². The zero-order valence-corrected chi connectivity index (χ0v) is 23.4. The number of benzene rings is 2. The van der Waals surface area contributed by atoms with Crippen LogP contribution in [0.2, 0.25) is 0 Å². The number of alkyl carbamates (subject to hydrolysis) is 1. The molecule has 0 aliphatic carbocycles. The molecule has 1 aliphatic rings. The van der Waals surface area contributed by atoms with Crippen molar-refractivity contribution in [2.24, 2.45) is 0 Å². The predicted octanol–water partition coefficient (Wildman–Crippen LogP) is 3.99. The first kappa shape index (κ1) is 28.6. The van der Waals surface area contributed by atoms with Gasteiger partial charge in [0.25, 0.3) is 5.69 Å². The van der Waals surface area contributed by atoms with Crippen LogP contribution in [0.15, 0.2) is 48.7 Å². The van der Waals surface area contributed by atoms with Crippen LogP contribution in [0.25, 0.3) is 10.9 Å². The third kappa shape index (κ3) is 6.59. The third-order valence-corrected chi connectivity index (χ3v) is 6.81. The number of ether oxygens (including phenoxy) is 1. The molecule has 1 atom stereocenters. The Morgan fingerprint density at radius 3 is 2.52 bits per heavy atom. The van der Waals surface area contributed by atoms with Crippen LogP contribution >= 0.6 is 0 Å². The molecule has 11 nitrogen and oxygen atoms in total. The molecular weight excluding hydrogens is 514 g/mol. The van der Waals surface area contributed by atoms with Crippen LogP contribution in [0, 0.1) is 10.1 Å². The fourth-order valence-electron chi connectivity index (χ4n) is 4.74. The molecule has 212 valence electrons. The molecule has 0 unspecified atom stereocenters. The average molecular weight is 550 g/mol. The molecule has 0 spiro atoms. The van der Waals surface area contributed by atoms with E-state index in [1.807, 2.05) is 30.5 Å². The summed E-state index contributed by atoms with van der Waals surface area (Å²) >= 11 is 0. The van der Waals surface area contributed by atoms with Gasteiger partial charge in [-0.3, -0.25) is 19.7 Å². The Kier molecular flexibility index (Phi) is 7.86. The van der Waals surface area contributed by atoms with Crippen LogP contribution in [-0.4, -0.2) is 56.4 Å². The second kappa shape index (κ2) is 11.0. The summed E-state index contributed by atoms with van der Waals surface area (Å²) in [6.07, 6.45) is 1.81. The number of hydrogen-bond acceptors (Lipinski definition) is 6. The average Bonchev–Trinajstić information content (AvgIpc) is 3.28. The summed E-state index contributed by atoms with van der Waals surface area (Å²) < 4.78 is 5.31. The molecule has 0 saturated carbocycles. The van der Waals surface area contributed by atoms with E-state index in [-0.39, 0.29) is 24.6 Å². The van der Waals surface area contributed by atoms with E-state index in [1.165, 1.54) is 26.0 Å². The summed E-state index contributed by atoms with van der Waals surface area (Å²) in [4.78, 5) is 55.4. The summed E-state index contributed by atoms with van der Waals surface area (Å²) in [5.41, 5.74) is 1.25. The molecule has 4 rings (SSSR count). The highest BCUT2D eigenvalue weighted by atomic mass is 16.6. The van der Waals surface area contributed by atoms with E-state index >= 15 is 0 Å². The topological polar surface area (TPSA) is 147 Å². The molecule has 0 fully saturated rings. The normalized spacial score (nSPS) is 14.3. The van der Waals surface area contributed by atoms with Gasteiger partial charge in [0.1, 0.15) is 17.2 Å². The summed E-state index contributed by atoms with van der Waals surface area (Å²) in [6.45, 7) is 8.84. The molecule has 11 heteroatoms. The van der Waals surface area contributed by atoms with Crippen molar-refractivity contribution in [3.63, 3.8) is 0 Å². The number of hydrogen-bond donors (Lipinski definition) is 3. The second-order valence-electron chi connectivity index (χ2n) is 11.6. The predicted molar refractivity (Wildman–Crippen MR) is 150 cm³/mol. The molecule has 0 bridgehead atoms. The van der Waals surface area contributed by atoms with Gasteiger partial charge in [-0.25, -0.2) is 4.79 Å². The lowest BCUT2D eigenvalue weighted by Crippen LogP contribution is -2.60. The summed E-state index contributed by atoms with van der Waals surface area (Å²) in [7, 11) is 0. The number of carbonyl (C=O) groups is 3. The number of carbonyl (C=O) groups excluding carboxylic acids is 3. The van der Waals surface area contributed by atoms with Crippen molar-refractivity contribution >= 4 is 34.5 Å². The number of nitrogens with one attached hydrogen (secondary N) is 3. The molecular formula is C29H35N5O6. The Hall–Kier alpha value is -4.41. The van der Waals surface area contributed by atoms with Crippen molar-refractivity contribution in [3.05, 3.63) is 75.5 Å². The maximum absolute atomic E-state index is 13.9. The first-order valence-corrected chi connectivity index (χ1v) is 13.2. The minimum absolute atomic E-state index is 0.0355. The van der Waals surface area contributed by atoms with E-state index in [0.717, 1.165) is 22.0 Å². The van der Waals surface area contributed by atoms with Crippen LogP contribution in [0.4, 0.5) is 10.5 Å². The number of para-hydroxylation sites is 1. The first-order valence-electron chi connectivity index (χ1n) is 13.2. The highest BCUT2D eigenvalue weighted by Gasteiger charge is 2.36. The summed E-state index contributed by atoms with van der Waals surface area (Å²) in [5, 5.41) is 17.7. The first-order chi connectivity index (χ1) is 18.7. The maximum Gasteiger partial charge on any atom is 0.408 e. The van der Waals surface area contributed by atoms with Gasteiger partial charge in [-0.1, -0.05) is 24.3 Å². The van der Waals surface area contributed by atoms with Crippen molar-refractivity contribution in [2.75, 3.05) is 6.54 Å². The Morgan fingerprint density at radius 1 is 1.10 bits per heavy atom. The molecule has 3 amide bonds. The second-order valence-corrected chi connectivity index (χ2v) is 11.6. The van der Waals surface area contributed by atoms with Crippen LogP contribution in [0.1, 0.15) is 51.3 Å². The molecule has 3 aromatic rings. The Labute approximate surface area is 232 Å². The van der Waals surface area contributed by atoms with Crippen molar-refractivity contribution < 1.29 is 24.0 Å². The lowest BCUT2D eigenvalue weighted by Gasteiger charge is -2.34. The van der Waals surface area contributed by atoms with E-state index in [4.69, 9.17) is 4.74 Å². The van der Waals surface area contributed by atoms with Crippen LogP contribution < -0.4 is 10.6 Å². The number of non-ortho nitro benzene ring substituents is 1. The van der Waals surface area contributed by atoms with Crippen molar-refractivity contribution in [2.45, 2.75) is 71.2 Å². The number of nitrogens with zero attached hydrogens (tertiary/aromatic N) is 2. The maximum atomic E-state index is 13.9. The van der Waals surface area contributed by atoms with E-state index in [1.54, 1.807) is 31.7 Å². The molecule has 0 radical (unpaired) electrons. The lowest BCUT2D eigenvalue weighted by molar-refractivity contribution is -0.385. The summed E-state index contributed by atoms with van der Waals surface area (Å²) in [6, 6.07) is 11.4. The zero-order chi connectivity index (χ0) is 29.2. The number of H-pyrrole nitrogens is 1. The minimum atomic E-state index is -1.38. The molecule has 2 heterocycles. The highest BCUT2D eigenvalue weighted by Crippen LogP contribution is 2.26. The number of aromatic nitrogens is 1. The Bertz CT molecular complexity index is 1450. The van der Waals surface area contributed by atoms with Crippen molar-refractivity contribution in [1.29, 1.82) is 0 Å². The molecule has 0 saturated heterocycles. The number of aromatic amines is 1. The van der Waals surface area contributed by atoms with Gasteiger partial charge in [0.2, 0.25) is 11.8 Å². The SMILES string of the molecule is CC(C)(C)OC(=O)NC(C)(C)C(=O)N[C@H](Cc1c[nH]c2ccccc12)C(=O)N1CCc2ccc([N+](=O)[O-])cc2C1. The molecule has 3 N–H and O–H groups in total. The minimum Gasteiger partial charge on any atom is -0.444 e. The van der Waals surface area contributed by atoms with E-state index < -0.39 is 34.1 Å². The number of fused-ring (bicyclic) bond motifs is 2. The quantitative estimate of drug-likeness (QED) is 0.300. The monoisotopic (exact) mass is 549 g/mol. The van der Waals surface area contributed by atoms with Gasteiger partial charge < -0.3 is 25.3 Å². The largest absolute Gasteiger partial charge is 0.444 e. The van der Waals surface area contributed by atoms with Crippen LogP contribution in [0.5, 0.6) is 0 Å². The number of rotatable bonds is 7. The van der Waals surface area contributed by atoms with Gasteiger partial charge in [-0.2, -0.15) is 0 Å². The fourth-order valence-corrected chi connectivity index (χ4v) is 4.74. The number of amides is 3. The number of nitro benzene ring substituents is 1.